The number of halogens is 1. The molecule has 168 valence electrons. The number of carbonyl (C=O) groups excluding carboxylic acids is 1. The highest BCUT2D eigenvalue weighted by molar-refractivity contribution is 5.74. The van der Waals surface area contributed by atoms with E-state index in [0.29, 0.717) is 30.2 Å². The van der Waals surface area contributed by atoms with Crippen molar-refractivity contribution in [3.05, 3.63) is 58.9 Å². The van der Waals surface area contributed by atoms with Crippen LogP contribution < -0.4 is 25.0 Å². The molecule has 0 bridgehead atoms. The Morgan fingerprint density at radius 3 is 2.61 bits per heavy atom. The average molecular weight is 431 g/mol. The fourth-order valence-electron chi connectivity index (χ4n) is 4.40. The van der Waals surface area contributed by atoms with Gasteiger partial charge in [-0.3, -0.25) is 0 Å². The Bertz CT molecular complexity index is 906. The number of rotatable bonds is 8. The first-order valence-electron chi connectivity index (χ1n) is 10.9. The molecule has 1 aliphatic heterocycles. The van der Waals surface area contributed by atoms with Gasteiger partial charge in [-0.1, -0.05) is 25.1 Å². The molecule has 0 saturated heterocycles. The lowest BCUT2D eigenvalue weighted by Crippen LogP contribution is -3.13. The van der Waals surface area contributed by atoms with Crippen molar-refractivity contribution in [3.63, 3.8) is 0 Å². The molecular formula is C24H33FN3O3+. The molecule has 0 aliphatic carbocycles. The van der Waals surface area contributed by atoms with Crippen molar-refractivity contribution in [2.45, 2.75) is 45.3 Å². The number of urea groups is 1. The number of fused-ring (bicyclic) bond motifs is 1. The van der Waals surface area contributed by atoms with Crippen LogP contribution in [0.15, 0.2) is 36.4 Å². The molecule has 2 amide bonds. The molecule has 2 aromatic rings. The Labute approximate surface area is 183 Å². The van der Waals surface area contributed by atoms with Crippen molar-refractivity contribution in [2.24, 2.45) is 0 Å². The van der Waals surface area contributed by atoms with Gasteiger partial charge >= 0.3 is 6.03 Å². The summed E-state index contributed by atoms with van der Waals surface area (Å²) >= 11 is 0. The van der Waals surface area contributed by atoms with Gasteiger partial charge in [0.1, 0.15) is 18.4 Å². The molecule has 3 N–H and O–H groups in total. The summed E-state index contributed by atoms with van der Waals surface area (Å²) in [7, 11) is 3.24. The van der Waals surface area contributed by atoms with Gasteiger partial charge in [-0.15, -0.1) is 0 Å². The van der Waals surface area contributed by atoms with Crippen LogP contribution in [0.5, 0.6) is 11.5 Å². The number of hydrogen-bond donors (Lipinski definition) is 3. The molecule has 31 heavy (non-hydrogen) atoms. The van der Waals surface area contributed by atoms with Crippen LogP contribution in [0.3, 0.4) is 0 Å². The van der Waals surface area contributed by atoms with Crippen LogP contribution >= 0.6 is 0 Å². The van der Waals surface area contributed by atoms with Crippen molar-refractivity contribution in [1.29, 1.82) is 0 Å². The Kier molecular flexibility index (Phi) is 7.74. The molecule has 1 heterocycles. The minimum atomic E-state index is -0.201. The third-order valence-corrected chi connectivity index (χ3v) is 5.91. The van der Waals surface area contributed by atoms with Crippen molar-refractivity contribution < 1.29 is 23.6 Å². The van der Waals surface area contributed by atoms with E-state index < -0.39 is 0 Å². The van der Waals surface area contributed by atoms with Gasteiger partial charge in [-0.2, -0.15) is 0 Å². The third kappa shape index (κ3) is 5.28. The summed E-state index contributed by atoms with van der Waals surface area (Å²) in [6.07, 6.45) is 1.71. The van der Waals surface area contributed by atoms with Crippen LogP contribution in [0.25, 0.3) is 0 Å². The maximum Gasteiger partial charge on any atom is 0.315 e. The van der Waals surface area contributed by atoms with Crippen LogP contribution in [-0.4, -0.2) is 39.4 Å². The van der Waals surface area contributed by atoms with Gasteiger partial charge in [0.2, 0.25) is 0 Å². The summed E-state index contributed by atoms with van der Waals surface area (Å²) < 4.78 is 25.4. The Morgan fingerprint density at radius 1 is 1.23 bits per heavy atom. The molecule has 3 rings (SSSR count). The molecule has 1 aliphatic rings. The second-order valence-corrected chi connectivity index (χ2v) is 8.00. The molecular weight excluding hydrogens is 397 g/mol. The molecule has 1 unspecified atom stereocenters. The van der Waals surface area contributed by atoms with E-state index in [2.05, 4.69) is 10.6 Å². The van der Waals surface area contributed by atoms with Crippen LogP contribution in [0.4, 0.5) is 9.18 Å². The van der Waals surface area contributed by atoms with Gasteiger partial charge in [0.05, 0.1) is 26.8 Å². The predicted molar refractivity (Wildman–Crippen MR) is 118 cm³/mol. The quantitative estimate of drug-likeness (QED) is 0.603. The van der Waals surface area contributed by atoms with Crippen molar-refractivity contribution in [1.82, 2.24) is 10.6 Å². The zero-order valence-corrected chi connectivity index (χ0v) is 18.8. The summed E-state index contributed by atoms with van der Waals surface area (Å²) in [5, 5.41) is 5.96. The summed E-state index contributed by atoms with van der Waals surface area (Å²) in [6.45, 7) is 6.00. The lowest BCUT2D eigenvalue weighted by molar-refractivity contribution is -0.948. The number of benzene rings is 2. The first-order valence-corrected chi connectivity index (χ1v) is 10.9. The van der Waals surface area contributed by atoms with Crippen molar-refractivity contribution in [3.8, 4) is 11.5 Å². The number of ether oxygens (including phenoxy) is 2. The number of nitrogens with one attached hydrogen (secondary N) is 3. The minimum absolute atomic E-state index is 0.0597. The highest BCUT2D eigenvalue weighted by atomic mass is 19.1. The van der Waals surface area contributed by atoms with E-state index in [1.54, 1.807) is 20.3 Å². The van der Waals surface area contributed by atoms with Crippen molar-refractivity contribution >= 4 is 6.03 Å². The zero-order chi connectivity index (χ0) is 22.4. The standard InChI is InChI=1S/C24H32FN3O3/c1-5-11-26-24(29)27-16(2)23-19-14-22(31-4)21(30-3)13-17(19)10-12-28(23)15-18-8-6-7-9-20(18)25/h6-9,13-14,16,23H,5,10-12,15H2,1-4H3,(H2,26,27,29)/p+1/t16-,23+/m0/s1. The first kappa shape index (κ1) is 22.9. The maximum absolute atomic E-state index is 14.4. The zero-order valence-electron chi connectivity index (χ0n) is 18.8. The second-order valence-electron chi connectivity index (χ2n) is 8.00. The van der Waals surface area contributed by atoms with E-state index in [4.69, 9.17) is 9.47 Å². The third-order valence-electron chi connectivity index (χ3n) is 5.91. The number of hydrogen-bond acceptors (Lipinski definition) is 3. The fraction of sp³-hybridized carbons (Fsp3) is 0.458. The molecule has 0 fully saturated rings. The van der Waals surface area contributed by atoms with Crippen LogP contribution in [0.2, 0.25) is 0 Å². The largest absolute Gasteiger partial charge is 0.493 e. The van der Waals surface area contributed by atoms with Crippen LogP contribution in [-0.2, 0) is 13.0 Å². The second kappa shape index (κ2) is 10.5. The summed E-state index contributed by atoms with van der Waals surface area (Å²) in [5.74, 6) is 1.15. The fourth-order valence-corrected chi connectivity index (χ4v) is 4.40. The van der Waals surface area contributed by atoms with Gasteiger partial charge in [0.25, 0.3) is 0 Å². The van der Waals surface area contributed by atoms with E-state index in [-0.39, 0.29) is 23.9 Å². The molecule has 0 radical (unpaired) electrons. The maximum atomic E-state index is 14.4. The highest BCUT2D eigenvalue weighted by Crippen LogP contribution is 2.35. The molecule has 6 nitrogen and oxygen atoms in total. The van der Waals surface area contributed by atoms with E-state index >= 15 is 0 Å². The SMILES string of the molecule is CCCNC(=O)N[C@@H](C)[C@@H]1c2cc(OC)c(OC)cc2CC[NH+]1Cc1ccccc1F. The van der Waals surface area contributed by atoms with E-state index in [0.717, 1.165) is 24.9 Å². The van der Waals surface area contributed by atoms with Crippen molar-refractivity contribution in [2.75, 3.05) is 27.3 Å². The Hall–Kier alpha value is -2.80. The molecule has 3 atom stereocenters. The smallest absolute Gasteiger partial charge is 0.315 e. The van der Waals surface area contributed by atoms with E-state index in [1.165, 1.54) is 16.5 Å². The predicted octanol–water partition coefficient (Wildman–Crippen LogP) is 2.62. The first-order chi connectivity index (χ1) is 15.0. The lowest BCUT2D eigenvalue weighted by atomic mass is 9.87. The summed E-state index contributed by atoms with van der Waals surface area (Å²) in [6, 6.07) is 10.5. The van der Waals surface area contributed by atoms with E-state index in [1.807, 2.05) is 38.1 Å². The highest BCUT2D eigenvalue weighted by Gasteiger charge is 2.37. The number of methoxy groups -OCH3 is 2. The normalized spacial score (nSPS) is 18.6. The Balaban J connectivity index is 1.95. The number of quaternary nitrogens is 1. The van der Waals surface area contributed by atoms with Gasteiger partial charge in [0.15, 0.2) is 11.5 Å². The van der Waals surface area contributed by atoms with Gasteiger partial charge in [-0.05, 0) is 37.1 Å². The molecule has 7 heteroatoms. The molecule has 0 aromatic heterocycles. The van der Waals surface area contributed by atoms with Crippen LogP contribution in [0, 0.1) is 5.82 Å². The average Bonchev–Trinajstić information content (AvgIpc) is 2.77. The Morgan fingerprint density at radius 2 is 1.94 bits per heavy atom. The number of carbonyl (C=O) groups is 1. The van der Waals surface area contributed by atoms with Gasteiger partial charge < -0.3 is 25.0 Å². The number of amides is 2. The van der Waals surface area contributed by atoms with E-state index in [9.17, 15) is 9.18 Å². The monoisotopic (exact) mass is 430 g/mol. The van der Waals surface area contributed by atoms with Crippen LogP contribution in [0.1, 0.15) is 43.0 Å². The summed E-state index contributed by atoms with van der Waals surface area (Å²) in [5.41, 5.74) is 2.94. The summed E-state index contributed by atoms with van der Waals surface area (Å²) in [4.78, 5) is 13.6. The minimum Gasteiger partial charge on any atom is -0.493 e. The topological polar surface area (TPSA) is 64.0 Å². The molecule has 2 aromatic carbocycles. The molecule has 0 spiro atoms. The lowest BCUT2D eigenvalue weighted by Gasteiger charge is -2.38. The van der Waals surface area contributed by atoms with Gasteiger partial charge in [0, 0.05) is 24.1 Å². The van der Waals surface area contributed by atoms with Gasteiger partial charge in [-0.25, -0.2) is 9.18 Å². The molecule has 0 saturated carbocycles.